The standard InChI is InChI=1S/C28H32FN3O5S/c1-20(21-5-7-22(8-6-21)23-9-14-26(33)31(2)19-23)32-18-16-28(37-27(32)34,15-4-17-30-38(3,35)36)24-10-12-25(29)13-11-24/h5-14,19-20,30H,4,15-18H2,1-3H3/t20-,28?/m0/s1. The van der Waals surface area contributed by atoms with Crippen molar-refractivity contribution in [2.45, 2.75) is 37.8 Å². The normalized spacial score (nSPS) is 18.7. The predicted molar refractivity (Wildman–Crippen MR) is 143 cm³/mol. The van der Waals surface area contributed by atoms with E-state index >= 15 is 0 Å². The number of hydrogen-bond donors (Lipinski definition) is 1. The first-order valence-electron chi connectivity index (χ1n) is 12.4. The number of aromatic nitrogens is 1. The van der Waals surface area contributed by atoms with Crippen molar-refractivity contribution in [3.8, 4) is 11.1 Å². The minimum atomic E-state index is -3.33. The minimum Gasteiger partial charge on any atom is -0.438 e. The van der Waals surface area contributed by atoms with E-state index in [0.717, 1.165) is 22.9 Å². The molecule has 0 bridgehead atoms. The zero-order chi connectivity index (χ0) is 27.5. The van der Waals surface area contributed by atoms with Crippen LogP contribution in [-0.4, -0.2) is 43.3 Å². The molecule has 38 heavy (non-hydrogen) atoms. The number of pyridine rings is 1. The number of rotatable bonds is 9. The van der Waals surface area contributed by atoms with Gasteiger partial charge in [-0.15, -0.1) is 0 Å². The highest BCUT2D eigenvalue weighted by molar-refractivity contribution is 7.88. The van der Waals surface area contributed by atoms with Crippen LogP contribution in [0.3, 0.4) is 0 Å². The fraction of sp³-hybridized carbons (Fsp3) is 0.357. The summed E-state index contributed by atoms with van der Waals surface area (Å²) in [5.74, 6) is -0.388. The number of cyclic esters (lactones) is 1. The second-order valence-corrected chi connectivity index (χ2v) is 11.6. The molecule has 1 saturated heterocycles. The smallest absolute Gasteiger partial charge is 0.411 e. The van der Waals surface area contributed by atoms with Gasteiger partial charge in [-0.3, -0.25) is 4.79 Å². The number of halogens is 1. The van der Waals surface area contributed by atoms with Crippen molar-refractivity contribution in [2.75, 3.05) is 19.3 Å². The number of nitrogens with one attached hydrogen (secondary N) is 1. The van der Waals surface area contributed by atoms with Crippen molar-refractivity contribution >= 4 is 16.1 Å². The second kappa shape index (κ2) is 11.1. The quantitative estimate of drug-likeness (QED) is 0.407. The molecule has 1 aliphatic heterocycles. The van der Waals surface area contributed by atoms with E-state index in [1.807, 2.05) is 31.2 Å². The molecule has 1 aliphatic rings. The molecule has 2 atom stereocenters. The first-order valence-corrected chi connectivity index (χ1v) is 14.3. The number of hydrogen-bond acceptors (Lipinski definition) is 5. The third-order valence-electron chi connectivity index (χ3n) is 7.05. The van der Waals surface area contributed by atoms with Gasteiger partial charge in [0.1, 0.15) is 11.4 Å². The third kappa shape index (κ3) is 6.31. The van der Waals surface area contributed by atoms with Gasteiger partial charge in [-0.1, -0.05) is 36.4 Å². The number of aryl methyl sites for hydroxylation is 1. The van der Waals surface area contributed by atoms with E-state index < -0.39 is 21.7 Å². The zero-order valence-corrected chi connectivity index (χ0v) is 22.5. The average molecular weight is 542 g/mol. The van der Waals surface area contributed by atoms with E-state index in [0.29, 0.717) is 31.4 Å². The van der Waals surface area contributed by atoms with E-state index in [2.05, 4.69) is 4.72 Å². The van der Waals surface area contributed by atoms with Crippen molar-refractivity contribution in [1.29, 1.82) is 0 Å². The van der Waals surface area contributed by atoms with Gasteiger partial charge in [0.05, 0.1) is 12.3 Å². The Kier molecular flexibility index (Phi) is 8.03. The molecule has 0 spiro atoms. The third-order valence-corrected chi connectivity index (χ3v) is 7.77. The molecule has 1 N–H and O–H groups in total. The summed E-state index contributed by atoms with van der Waals surface area (Å²) >= 11 is 0. The first-order chi connectivity index (χ1) is 18.0. The minimum absolute atomic E-state index is 0.0778. The van der Waals surface area contributed by atoms with Gasteiger partial charge < -0.3 is 14.2 Å². The number of sulfonamides is 1. The van der Waals surface area contributed by atoms with Gasteiger partial charge in [0.15, 0.2) is 0 Å². The fourth-order valence-corrected chi connectivity index (χ4v) is 5.34. The summed E-state index contributed by atoms with van der Waals surface area (Å²) in [4.78, 5) is 26.7. The van der Waals surface area contributed by atoms with Crippen LogP contribution in [-0.2, 0) is 27.4 Å². The SMILES string of the molecule is C[C@@H](c1ccc(-c2ccc(=O)n(C)c2)cc1)N1CCC(CCCNS(C)(=O)=O)(c2ccc(F)cc2)OC1=O. The molecule has 1 aromatic heterocycles. The van der Waals surface area contributed by atoms with Crippen LogP contribution in [0, 0.1) is 5.82 Å². The van der Waals surface area contributed by atoms with E-state index in [4.69, 9.17) is 4.74 Å². The molecule has 2 aromatic carbocycles. The van der Waals surface area contributed by atoms with Gasteiger partial charge in [0.2, 0.25) is 15.6 Å². The van der Waals surface area contributed by atoms with Crippen molar-refractivity contribution < 1.29 is 22.3 Å². The second-order valence-electron chi connectivity index (χ2n) is 9.75. The van der Waals surface area contributed by atoms with E-state index in [1.165, 1.54) is 22.8 Å². The van der Waals surface area contributed by atoms with Crippen LogP contribution in [0.15, 0.2) is 71.7 Å². The zero-order valence-electron chi connectivity index (χ0n) is 21.7. The lowest BCUT2D eigenvalue weighted by atomic mass is 9.84. The van der Waals surface area contributed by atoms with Crippen molar-refractivity contribution in [2.24, 2.45) is 7.05 Å². The van der Waals surface area contributed by atoms with E-state index in [9.17, 15) is 22.4 Å². The van der Waals surface area contributed by atoms with E-state index in [-0.39, 0.29) is 24.0 Å². The van der Waals surface area contributed by atoms with Crippen LogP contribution >= 0.6 is 0 Å². The van der Waals surface area contributed by atoms with Crippen molar-refractivity contribution in [3.63, 3.8) is 0 Å². The monoisotopic (exact) mass is 541 g/mol. The highest BCUT2D eigenvalue weighted by Gasteiger charge is 2.43. The predicted octanol–water partition coefficient (Wildman–Crippen LogP) is 4.32. The van der Waals surface area contributed by atoms with Gasteiger partial charge >= 0.3 is 6.09 Å². The molecule has 10 heteroatoms. The van der Waals surface area contributed by atoms with Gasteiger partial charge in [0.25, 0.3) is 0 Å². The molecule has 3 aromatic rings. The lowest BCUT2D eigenvalue weighted by molar-refractivity contribution is -0.0662. The van der Waals surface area contributed by atoms with Gasteiger partial charge in [-0.05, 0) is 60.2 Å². The summed E-state index contributed by atoms with van der Waals surface area (Å²) in [6, 6.07) is 16.8. The Morgan fingerprint density at radius 2 is 1.68 bits per heavy atom. The Balaban J connectivity index is 1.50. The van der Waals surface area contributed by atoms with Crippen LogP contribution in [0.4, 0.5) is 9.18 Å². The Labute approximate surface area is 222 Å². The maximum absolute atomic E-state index is 13.6. The molecule has 8 nitrogen and oxygen atoms in total. The Hall–Kier alpha value is -3.50. The van der Waals surface area contributed by atoms with Crippen LogP contribution in [0.1, 0.15) is 43.4 Å². The molecular formula is C28H32FN3O5S. The highest BCUT2D eigenvalue weighted by Crippen LogP contribution is 2.40. The maximum Gasteiger partial charge on any atom is 0.411 e. The number of ether oxygens (including phenoxy) is 1. The molecule has 202 valence electrons. The summed E-state index contributed by atoms with van der Waals surface area (Å²) in [6.07, 6.45) is 3.71. The number of carbonyl (C=O) groups excluding carboxylic acids is 1. The van der Waals surface area contributed by atoms with Crippen LogP contribution in [0.25, 0.3) is 11.1 Å². The summed E-state index contributed by atoms with van der Waals surface area (Å²) in [5.41, 5.74) is 2.43. The van der Waals surface area contributed by atoms with Crippen molar-refractivity contribution in [3.05, 3.63) is 94.2 Å². The highest BCUT2D eigenvalue weighted by atomic mass is 32.2. The first kappa shape index (κ1) is 27.5. The van der Waals surface area contributed by atoms with Crippen LogP contribution < -0.4 is 10.3 Å². The number of nitrogens with zero attached hydrogens (tertiary/aromatic N) is 2. The Bertz CT molecular complexity index is 1460. The number of carbonyl (C=O) groups is 1. The molecule has 0 radical (unpaired) electrons. The molecule has 0 saturated carbocycles. The van der Waals surface area contributed by atoms with Crippen LogP contribution in [0.5, 0.6) is 0 Å². The van der Waals surface area contributed by atoms with Crippen molar-refractivity contribution in [1.82, 2.24) is 14.2 Å². The molecule has 1 amide bonds. The fourth-order valence-electron chi connectivity index (χ4n) is 4.83. The molecule has 0 aliphatic carbocycles. The number of amides is 1. The van der Waals surface area contributed by atoms with Gasteiger partial charge in [0, 0.05) is 38.8 Å². The maximum atomic E-state index is 13.6. The molecular weight excluding hydrogens is 509 g/mol. The van der Waals surface area contributed by atoms with Gasteiger partial charge in [-0.2, -0.15) is 0 Å². The van der Waals surface area contributed by atoms with Gasteiger partial charge in [-0.25, -0.2) is 22.3 Å². The summed E-state index contributed by atoms with van der Waals surface area (Å²) in [5, 5.41) is 0. The molecule has 1 fully saturated rings. The molecule has 2 heterocycles. The summed E-state index contributed by atoms with van der Waals surface area (Å²) in [7, 11) is -1.63. The summed E-state index contributed by atoms with van der Waals surface area (Å²) < 4.78 is 46.6. The topological polar surface area (TPSA) is 97.7 Å². The number of benzene rings is 2. The Morgan fingerprint density at radius 3 is 2.29 bits per heavy atom. The van der Waals surface area contributed by atoms with Crippen LogP contribution in [0.2, 0.25) is 0 Å². The largest absolute Gasteiger partial charge is 0.438 e. The summed E-state index contributed by atoms with van der Waals surface area (Å²) in [6.45, 7) is 2.56. The van der Waals surface area contributed by atoms with E-state index in [1.54, 1.807) is 36.3 Å². The molecule has 1 unspecified atom stereocenters. The lowest BCUT2D eigenvalue weighted by Gasteiger charge is -2.43. The molecule has 4 rings (SSSR count). The lowest BCUT2D eigenvalue weighted by Crippen LogP contribution is -2.49. The Morgan fingerprint density at radius 1 is 1.03 bits per heavy atom. The average Bonchev–Trinajstić information content (AvgIpc) is 2.88.